The molecule has 7 heteroatoms. The van der Waals surface area contributed by atoms with E-state index in [4.69, 9.17) is 4.74 Å². The van der Waals surface area contributed by atoms with Crippen molar-refractivity contribution in [2.45, 2.75) is 19.9 Å². The lowest BCUT2D eigenvalue weighted by atomic mass is 10.2. The van der Waals surface area contributed by atoms with Gasteiger partial charge in [-0.25, -0.2) is 0 Å². The van der Waals surface area contributed by atoms with Crippen LogP contribution in [0.5, 0.6) is 5.75 Å². The van der Waals surface area contributed by atoms with E-state index >= 15 is 0 Å². The van der Waals surface area contributed by atoms with Crippen molar-refractivity contribution in [1.82, 2.24) is 9.80 Å². The molecule has 2 rings (SSSR count). The van der Waals surface area contributed by atoms with Crippen LogP contribution in [0.3, 0.4) is 0 Å². The molecule has 7 nitrogen and oxygen atoms in total. The number of anilines is 1. The fourth-order valence-electron chi connectivity index (χ4n) is 2.77. The van der Waals surface area contributed by atoms with Gasteiger partial charge in [-0.2, -0.15) is 0 Å². The molecule has 1 atom stereocenters. The van der Waals surface area contributed by atoms with Crippen LogP contribution in [0.15, 0.2) is 18.2 Å². The number of hydrogen-bond acceptors (Lipinski definition) is 6. The number of rotatable bonds is 7. The number of piperazine rings is 1. The van der Waals surface area contributed by atoms with Crippen molar-refractivity contribution in [3.63, 3.8) is 0 Å². The highest BCUT2D eigenvalue weighted by Crippen LogP contribution is 2.34. The first-order valence-electron chi connectivity index (χ1n) is 8.09. The molecule has 1 N–H and O–H groups in total. The smallest absolute Gasteiger partial charge is 0.333 e. The second-order valence-electron chi connectivity index (χ2n) is 5.91. The highest BCUT2D eigenvalue weighted by Gasteiger charge is 2.23. The monoisotopic (exact) mass is 322 g/mol. The van der Waals surface area contributed by atoms with Crippen molar-refractivity contribution in [2.75, 3.05) is 51.7 Å². The maximum atomic E-state index is 11.4. The molecule has 0 amide bonds. The Labute approximate surface area is 137 Å². The van der Waals surface area contributed by atoms with Gasteiger partial charge in [-0.05, 0) is 33.0 Å². The average molecular weight is 322 g/mol. The Morgan fingerprint density at radius 3 is 2.65 bits per heavy atom. The second kappa shape index (κ2) is 8.12. The molecule has 1 aromatic rings. The van der Waals surface area contributed by atoms with E-state index in [0.29, 0.717) is 30.6 Å². The fourth-order valence-corrected chi connectivity index (χ4v) is 2.77. The van der Waals surface area contributed by atoms with Crippen molar-refractivity contribution < 1.29 is 9.66 Å². The Morgan fingerprint density at radius 2 is 2.04 bits per heavy atom. The van der Waals surface area contributed by atoms with E-state index in [0.717, 1.165) is 26.2 Å². The Bertz CT molecular complexity index is 530. The van der Waals surface area contributed by atoms with Gasteiger partial charge < -0.3 is 15.0 Å². The molecule has 0 aliphatic carbocycles. The van der Waals surface area contributed by atoms with Gasteiger partial charge in [-0.1, -0.05) is 6.07 Å². The number of nitrogens with one attached hydrogen (secondary N) is 1. The zero-order valence-corrected chi connectivity index (χ0v) is 14.1. The maximum Gasteiger partial charge on any atom is 0.333 e. The number of para-hydroxylation sites is 1. The zero-order chi connectivity index (χ0) is 16.8. The van der Waals surface area contributed by atoms with Crippen LogP contribution in [0.25, 0.3) is 0 Å². The van der Waals surface area contributed by atoms with Gasteiger partial charge in [0.2, 0.25) is 0 Å². The number of ether oxygens (including phenoxy) is 1. The van der Waals surface area contributed by atoms with Crippen LogP contribution in [0.4, 0.5) is 11.4 Å². The summed E-state index contributed by atoms with van der Waals surface area (Å²) in [5.41, 5.74) is 0.529. The van der Waals surface area contributed by atoms with Gasteiger partial charge in [0.25, 0.3) is 0 Å². The lowest BCUT2D eigenvalue weighted by Crippen LogP contribution is -2.49. The standard InChI is InChI=1S/C16H26N4O3/c1-4-23-15-7-5-6-14(16(15)20(21)22)17-12-13(2)19-10-8-18(3)9-11-19/h5-7,13,17H,4,8-12H2,1-3H3. The lowest BCUT2D eigenvalue weighted by molar-refractivity contribution is -0.384. The Hall–Kier alpha value is -1.86. The summed E-state index contributed by atoms with van der Waals surface area (Å²) in [4.78, 5) is 15.7. The predicted molar refractivity (Wildman–Crippen MR) is 91.3 cm³/mol. The Balaban J connectivity index is 2.02. The molecule has 23 heavy (non-hydrogen) atoms. The first-order chi connectivity index (χ1) is 11.0. The summed E-state index contributed by atoms with van der Waals surface area (Å²) in [5, 5.41) is 14.6. The molecule has 1 heterocycles. The van der Waals surface area contributed by atoms with Gasteiger partial charge in [-0.3, -0.25) is 15.0 Å². The van der Waals surface area contributed by atoms with Gasteiger partial charge >= 0.3 is 5.69 Å². The first-order valence-corrected chi connectivity index (χ1v) is 8.09. The normalized spacial score (nSPS) is 17.7. The van der Waals surface area contributed by atoms with Gasteiger partial charge in [0.15, 0.2) is 5.75 Å². The zero-order valence-electron chi connectivity index (χ0n) is 14.1. The third-order valence-electron chi connectivity index (χ3n) is 4.23. The summed E-state index contributed by atoms with van der Waals surface area (Å²) in [5.74, 6) is 0.315. The van der Waals surface area contributed by atoms with Crippen LogP contribution in [0.2, 0.25) is 0 Å². The van der Waals surface area contributed by atoms with Gasteiger partial charge in [-0.15, -0.1) is 0 Å². The van der Waals surface area contributed by atoms with E-state index in [-0.39, 0.29) is 10.6 Å². The Kier molecular flexibility index (Phi) is 6.18. The van der Waals surface area contributed by atoms with E-state index in [1.165, 1.54) is 0 Å². The summed E-state index contributed by atoms with van der Waals surface area (Å²) in [6.07, 6.45) is 0. The van der Waals surface area contributed by atoms with Crippen LogP contribution < -0.4 is 10.1 Å². The number of likely N-dealkylation sites (N-methyl/N-ethyl adjacent to an activating group) is 1. The molecule has 0 radical (unpaired) electrons. The number of hydrogen-bond donors (Lipinski definition) is 1. The van der Waals surface area contributed by atoms with Crippen LogP contribution >= 0.6 is 0 Å². The molecule has 1 fully saturated rings. The number of benzene rings is 1. The second-order valence-corrected chi connectivity index (χ2v) is 5.91. The minimum absolute atomic E-state index is 0.0138. The molecular formula is C16H26N4O3. The SMILES string of the molecule is CCOc1cccc(NCC(C)N2CCN(C)CC2)c1[N+](=O)[O-]. The molecule has 0 spiro atoms. The van der Waals surface area contributed by atoms with E-state index in [2.05, 4.69) is 29.1 Å². The highest BCUT2D eigenvalue weighted by molar-refractivity contribution is 5.68. The molecule has 0 bridgehead atoms. The molecule has 1 saturated heterocycles. The number of nitro benzene ring substituents is 1. The van der Waals surface area contributed by atoms with Crippen molar-refractivity contribution in [2.24, 2.45) is 0 Å². The first kappa shape index (κ1) is 17.5. The highest BCUT2D eigenvalue weighted by atomic mass is 16.6. The van der Waals surface area contributed by atoms with Crippen molar-refractivity contribution in [1.29, 1.82) is 0 Å². The summed E-state index contributed by atoms with van der Waals surface area (Å²) in [6.45, 7) is 9.22. The maximum absolute atomic E-state index is 11.4. The Morgan fingerprint density at radius 1 is 1.35 bits per heavy atom. The summed E-state index contributed by atoms with van der Waals surface area (Å²) < 4.78 is 5.38. The molecule has 0 saturated carbocycles. The van der Waals surface area contributed by atoms with E-state index in [1.54, 1.807) is 18.2 Å². The minimum atomic E-state index is -0.381. The molecule has 0 aromatic heterocycles. The van der Waals surface area contributed by atoms with Crippen LogP contribution in [0, 0.1) is 10.1 Å². The average Bonchev–Trinajstić information content (AvgIpc) is 2.53. The van der Waals surface area contributed by atoms with E-state index in [1.807, 2.05) is 6.92 Å². The molecule has 1 aliphatic heterocycles. The third-order valence-corrected chi connectivity index (χ3v) is 4.23. The van der Waals surface area contributed by atoms with Gasteiger partial charge in [0.05, 0.1) is 11.5 Å². The van der Waals surface area contributed by atoms with Crippen LogP contribution in [-0.4, -0.2) is 67.1 Å². The summed E-state index contributed by atoms with van der Waals surface area (Å²) in [6, 6.07) is 5.47. The quantitative estimate of drug-likeness (QED) is 0.612. The molecule has 1 aliphatic rings. The lowest BCUT2D eigenvalue weighted by Gasteiger charge is -2.36. The van der Waals surface area contributed by atoms with Gasteiger partial charge in [0, 0.05) is 38.8 Å². The third kappa shape index (κ3) is 4.56. The van der Waals surface area contributed by atoms with Crippen molar-refractivity contribution in [3.8, 4) is 5.75 Å². The molecular weight excluding hydrogens is 296 g/mol. The summed E-state index contributed by atoms with van der Waals surface area (Å²) in [7, 11) is 2.13. The minimum Gasteiger partial charge on any atom is -0.487 e. The molecule has 1 aromatic carbocycles. The predicted octanol–water partition coefficient (Wildman–Crippen LogP) is 2.04. The van der Waals surface area contributed by atoms with Crippen LogP contribution in [-0.2, 0) is 0 Å². The van der Waals surface area contributed by atoms with E-state index in [9.17, 15) is 10.1 Å². The van der Waals surface area contributed by atoms with Crippen LogP contribution in [0.1, 0.15) is 13.8 Å². The number of nitro groups is 1. The summed E-state index contributed by atoms with van der Waals surface area (Å²) >= 11 is 0. The largest absolute Gasteiger partial charge is 0.487 e. The molecule has 1 unspecified atom stereocenters. The van der Waals surface area contributed by atoms with Crippen molar-refractivity contribution in [3.05, 3.63) is 28.3 Å². The van der Waals surface area contributed by atoms with Crippen molar-refractivity contribution >= 4 is 11.4 Å². The number of nitrogens with zero attached hydrogens (tertiary/aromatic N) is 3. The van der Waals surface area contributed by atoms with Gasteiger partial charge in [0.1, 0.15) is 5.69 Å². The molecule has 128 valence electrons. The topological polar surface area (TPSA) is 70.9 Å². The van der Waals surface area contributed by atoms with E-state index < -0.39 is 0 Å². The fraction of sp³-hybridized carbons (Fsp3) is 0.625.